The maximum atomic E-state index is 12.2. The largest absolute Gasteiger partial charge is 0.507 e. The summed E-state index contributed by atoms with van der Waals surface area (Å²) in [6.45, 7) is 11.0. The maximum absolute atomic E-state index is 12.2. The Labute approximate surface area is 166 Å². The fourth-order valence-corrected chi connectivity index (χ4v) is 3.19. The van der Waals surface area contributed by atoms with Crippen LogP contribution in [0, 0.1) is 6.92 Å². The maximum Gasteiger partial charge on any atom is 0.306 e. The Kier molecular flexibility index (Phi) is 7.17. The number of carbonyl (C=O) groups excluding carboxylic acids is 1. The Balaban J connectivity index is 1.91. The molecule has 1 atom stereocenters. The van der Waals surface area contributed by atoms with E-state index in [9.17, 15) is 9.90 Å². The van der Waals surface area contributed by atoms with Crippen LogP contribution in [0.25, 0.3) is 0 Å². The van der Waals surface area contributed by atoms with E-state index < -0.39 is 11.2 Å². The van der Waals surface area contributed by atoms with Gasteiger partial charge in [0.15, 0.2) is 6.29 Å². The quantitative estimate of drug-likeness (QED) is 0.573. The third kappa shape index (κ3) is 6.09. The van der Waals surface area contributed by atoms with Crippen LogP contribution in [-0.2, 0) is 30.8 Å². The van der Waals surface area contributed by atoms with E-state index in [0.29, 0.717) is 25.4 Å². The summed E-state index contributed by atoms with van der Waals surface area (Å²) in [5.74, 6) is -0.0000590. The van der Waals surface area contributed by atoms with E-state index in [1.54, 1.807) is 6.92 Å². The summed E-state index contributed by atoms with van der Waals surface area (Å²) < 4.78 is 16.4. The predicted octanol–water partition coefficient (Wildman–Crippen LogP) is 4.23. The van der Waals surface area contributed by atoms with Crippen molar-refractivity contribution in [1.29, 1.82) is 0 Å². The van der Waals surface area contributed by atoms with Crippen molar-refractivity contribution < 1.29 is 24.1 Å². The van der Waals surface area contributed by atoms with Gasteiger partial charge in [-0.2, -0.15) is 0 Å². The topological polar surface area (TPSA) is 65.0 Å². The molecule has 6 heteroatoms. The molecular formula is C21H31ClO5. The summed E-state index contributed by atoms with van der Waals surface area (Å²) >= 11 is 6.43. The minimum absolute atomic E-state index is 0.0277. The van der Waals surface area contributed by atoms with E-state index in [0.717, 1.165) is 23.1 Å². The summed E-state index contributed by atoms with van der Waals surface area (Å²) in [6, 6.07) is 3.87. The number of hydrogen-bond donors (Lipinski definition) is 1. The lowest BCUT2D eigenvalue weighted by molar-refractivity contribution is -0.202. The highest BCUT2D eigenvalue weighted by atomic mass is 35.5. The number of phenols is 1. The lowest BCUT2D eigenvalue weighted by Crippen LogP contribution is -2.45. The fourth-order valence-electron chi connectivity index (χ4n) is 3.01. The van der Waals surface area contributed by atoms with E-state index in [-0.39, 0.29) is 24.4 Å². The third-order valence-electron chi connectivity index (χ3n) is 4.62. The van der Waals surface area contributed by atoms with Crippen molar-refractivity contribution in [3.63, 3.8) is 0 Å². The molecule has 1 unspecified atom stereocenters. The van der Waals surface area contributed by atoms with Crippen molar-refractivity contribution in [2.75, 3.05) is 19.8 Å². The van der Waals surface area contributed by atoms with Crippen LogP contribution in [0.1, 0.15) is 57.2 Å². The second kappa shape index (κ2) is 8.80. The number of halogens is 1. The van der Waals surface area contributed by atoms with E-state index in [2.05, 4.69) is 20.8 Å². The first-order valence-corrected chi connectivity index (χ1v) is 9.79. The van der Waals surface area contributed by atoms with Gasteiger partial charge in [-0.25, -0.2) is 0 Å². The summed E-state index contributed by atoms with van der Waals surface area (Å²) in [7, 11) is 0. The van der Waals surface area contributed by atoms with Crippen LogP contribution in [0.2, 0.25) is 0 Å². The number of benzene rings is 1. The van der Waals surface area contributed by atoms with Crippen LogP contribution in [0.3, 0.4) is 0 Å². The lowest BCUT2D eigenvalue weighted by atomic mass is 9.83. The molecule has 0 bridgehead atoms. The van der Waals surface area contributed by atoms with Gasteiger partial charge in [0.05, 0.1) is 13.2 Å². The van der Waals surface area contributed by atoms with Crippen LogP contribution >= 0.6 is 11.6 Å². The molecule has 0 radical (unpaired) electrons. The second-order valence-electron chi connectivity index (χ2n) is 8.42. The monoisotopic (exact) mass is 398 g/mol. The van der Waals surface area contributed by atoms with Gasteiger partial charge in [0.2, 0.25) is 0 Å². The highest BCUT2D eigenvalue weighted by molar-refractivity contribution is 6.24. The molecule has 1 aromatic rings. The number of hydrogen-bond acceptors (Lipinski definition) is 5. The molecule has 1 N–H and O–H groups in total. The smallest absolute Gasteiger partial charge is 0.306 e. The number of alkyl halides is 1. The Morgan fingerprint density at radius 3 is 2.48 bits per heavy atom. The van der Waals surface area contributed by atoms with Crippen LogP contribution in [0.15, 0.2) is 12.1 Å². The van der Waals surface area contributed by atoms with Gasteiger partial charge in [-0.3, -0.25) is 4.79 Å². The van der Waals surface area contributed by atoms with Crippen LogP contribution in [0.4, 0.5) is 0 Å². The van der Waals surface area contributed by atoms with E-state index in [1.165, 1.54) is 0 Å². The molecule has 1 saturated heterocycles. The number of carbonyl (C=O) groups is 1. The second-order valence-corrected chi connectivity index (χ2v) is 9.29. The van der Waals surface area contributed by atoms with Gasteiger partial charge in [-0.1, -0.05) is 32.9 Å². The fraction of sp³-hybridized carbons (Fsp3) is 0.667. The standard InChI is InChI=1S/C21H31ClO5/c1-14-11-15(12-16(18(14)24)20(2,3)4)7-8-17(23)27-13-21(5,22)19-25-9-6-10-26-19/h11-12,19,24H,6-10,13H2,1-5H3. The van der Waals surface area contributed by atoms with Gasteiger partial charge >= 0.3 is 5.97 Å². The number of rotatable bonds is 6. The predicted molar refractivity (Wildman–Crippen MR) is 105 cm³/mol. The van der Waals surface area contributed by atoms with Crippen molar-refractivity contribution in [3.05, 3.63) is 28.8 Å². The summed E-state index contributed by atoms with van der Waals surface area (Å²) in [6.07, 6.45) is 1.05. The molecule has 0 aromatic heterocycles. The highest BCUT2D eigenvalue weighted by Gasteiger charge is 2.37. The number of aromatic hydroxyl groups is 1. The van der Waals surface area contributed by atoms with Gasteiger partial charge < -0.3 is 19.3 Å². The van der Waals surface area contributed by atoms with Crippen molar-refractivity contribution in [3.8, 4) is 5.75 Å². The molecule has 1 heterocycles. The Hall–Kier alpha value is -1.30. The van der Waals surface area contributed by atoms with Gasteiger partial charge in [-0.15, -0.1) is 11.6 Å². The van der Waals surface area contributed by atoms with E-state index in [1.807, 2.05) is 19.1 Å². The molecule has 152 valence electrons. The zero-order valence-corrected chi connectivity index (χ0v) is 17.7. The molecule has 27 heavy (non-hydrogen) atoms. The normalized spacial score (nSPS) is 18.1. The van der Waals surface area contributed by atoms with Crippen molar-refractivity contribution >= 4 is 17.6 Å². The summed E-state index contributed by atoms with van der Waals surface area (Å²) in [5.41, 5.74) is 2.52. The lowest BCUT2D eigenvalue weighted by Gasteiger charge is -2.33. The Morgan fingerprint density at radius 2 is 1.89 bits per heavy atom. The van der Waals surface area contributed by atoms with Crippen LogP contribution < -0.4 is 0 Å². The molecule has 5 nitrogen and oxygen atoms in total. The SMILES string of the molecule is Cc1cc(CCC(=O)OCC(C)(Cl)C2OCCCO2)cc(C(C)(C)C)c1O. The number of aryl methyl sites for hydroxylation is 2. The zero-order valence-electron chi connectivity index (χ0n) is 16.9. The molecule has 1 fully saturated rings. The van der Waals surface area contributed by atoms with Gasteiger partial charge in [0, 0.05) is 6.42 Å². The molecule has 2 rings (SSSR count). The van der Waals surface area contributed by atoms with Crippen molar-refractivity contribution in [2.45, 2.75) is 70.5 Å². The minimum Gasteiger partial charge on any atom is -0.507 e. The number of phenolic OH excluding ortho intramolecular Hbond substituents is 1. The molecule has 1 aromatic carbocycles. The number of ether oxygens (including phenoxy) is 3. The zero-order chi connectivity index (χ0) is 20.2. The van der Waals surface area contributed by atoms with Crippen LogP contribution in [-0.4, -0.2) is 42.1 Å². The molecule has 0 amide bonds. The Bertz CT molecular complexity index is 657. The first kappa shape index (κ1) is 22.0. The number of esters is 1. The van der Waals surface area contributed by atoms with Gasteiger partial charge in [0.25, 0.3) is 0 Å². The average molecular weight is 399 g/mol. The summed E-state index contributed by atoms with van der Waals surface area (Å²) in [4.78, 5) is 11.3. The summed E-state index contributed by atoms with van der Waals surface area (Å²) in [5, 5.41) is 10.3. The molecule has 1 aliphatic heterocycles. The van der Waals surface area contributed by atoms with Gasteiger partial charge in [-0.05, 0) is 48.8 Å². The third-order valence-corrected chi connectivity index (χ3v) is 4.91. The molecule has 0 aliphatic carbocycles. The van der Waals surface area contributed by atoms with E-state index >= 15 is 0 Å². The molecule has 0 spiro atoms. The first-order valence-electron chi connectivity index (χ1n) is 9.41. The molecule has 0 saturated carbocycles. The van der Waals surface area contributed by atoms with Crippen molar-refractivity contribution in [2.24, 2.45) is 0 Å². The molecular weight excluding hydrogens is 368 g/mol. The van der Waals surface area contributed by atoms with Crippen LogP contribution in [0.5, 0.6) is 5.75 Å². The van der Waals surface area contributed by atoms with Crippen molar-refractivity contribution in [1.82, 2.24) is 0 Å². The highest BCUT2D eigenvalue weighted by Crippen LogP contribution is 2.34. The average Bonchev–Trinajstić information content (AvgIpc) is 2.60. The molecule has 1 aliphatic rings. The van der Waals surface area contributed by atoms with Gasteiger partial charge in [0.1, 0.15) is 17.2 Å². The Morgan fingerprint density at radius 1 is 1.26 bits per heavy atom. The van der Waals surface area contributed by atoms with E-state index in [4.69, 9.17) is 25.8 Å². The minimum atomic E-state index is -0.912. The first-order chi connectivity index (χ1) is 12.5.